The Morgan fingerprint density at radius 2 is 1.72 bits per heavy atom. The van der Waals surface area contributed by atoms with Gasteiger partial charge in [0.05, 0.1) is 18.8 Å². The van der Waals surface area contributed by atoms with Gasteiger partial charge in [-0.05, 0) is 79.4 Å². The van der Waals surface area contributed by atoms with E-state index in [4.69, 9.17) is 14.6 Å². The Kier molecular flexibility index (Phi) is 11.9. The number of carbonyl (C=O) groups is 1. The first-order valence-electron chi connectivity index (χ1n) is 14.2. The molecule has 1 N–H and O–H groups in total. The highest BCUT2D eigenvalue weighted by Gasteiger charge is 2.31. The molecule has 1 aromatic rings. The summed E-state index contributed by atoms with van der Waals surface area (Å²) in [5.41, 5.74) is 1.56. The summed E-state index contributed by atoms with van der Waals surface area (Å²) in [7, 11) is 1.55. The van der Waals surface area contributed by atoms with E-state index in [1.54, 1.807) is 13.2 Å². The first-order valence-corrected chi connectivity index (χ1v) is 14.2. The van der Waals surface area contributed by atoms with E-state index in [1.807, 2.05) is 12.1 Å². The number of unbranched alkanes of at least 4 members (excludes halogenated alkanes) is 2. The van der Waals surface area contributed by atoms with Gasteiger partial charge < -0.3 is 14.6 Å². The van der Waals surface area contributed by atoms with Crippen molar-refractivity contribution in [3.8, 4) is 0 Å². The Bertz CT molecular complexity index is 822. The molecule has 0 bridgehead atoms. The lowest BCUT2D eigenvalue weighted by atomic mass is 9.68. The van der Waals surface area contributed by atoms with Crippen molar-refractivity contribution in [2.24, 2.45) is 17.8 Å². The molecule has 0 aliphatic heterocycles. The van der Waals surface area contributed by atoms with E-state index in [9.17, 15) is 4.79 Å². The zero-order valence-corrected chi connectivity index (χ0v) is 22.5. The van der Waals surface area contributed by atoms with Crippen molar-refractivity contribution in [2.75, 3.05) is 26.9 Å². The van der Waals surface area contributed by atoms with E-state index in [2.05, 4.69) is 13.5 Å². The molecule has 1 aromatic carbocycles. The fraction of sp³-hybridized carbons (Fsp3) is 0.710. The van der Waals surface area contributed by atoms with Gasteiger partial charge in [0.25, 0.3) is 0 Å². The second-order valence-corrected chi connectivity index (χ2v) is 11.2. The van der Waals surface area contributed by atoms with Gasteiger partial charge in [-0.1, -0.05) is 64.2 Å². The quantitative estimate of drug-likeness (QED) is 0.175. The predicted molar refractivity (Wildman–Crippen MR) is 142 cm³/mol. The summed E-state index contributed by atoms with van der Waals surface area (Å²) in [6.45, 7) is 5.52. The zero-order valence-electron chi connectivity index (χ0n) is 22.5. The van der Waals surface area contributed by atoms with Crippen LogP contribution in [0.3, 0.4) is 0 Å². The van der Waals surface area contributed by atoms with Crippen LogP contribution < -0.4 is 0 Å². The molecule has 0 aromatic heterocycles. The second-order valence-electron chi connectivity index (χ2n) is 11.2. The van der Waals surface area contributed by atoms with Crippen LogP contribution in [0.2, 0.25) is 0 Å². The number of benzene rings is 1. The number of methoxy groups -OCH3 is 1. The minimum atomic E-state index is -0.669. The highest BCUT2D eigenvalue weighted by atomic mass is 19.1. The highest BCUT2D eigenvalue weighted by Crippen LogP contribution is 2.44. The van der Waals surface area contributed by atoms with Crippen molar-refractivity contribution in [3.63, 3.8) is 0 Å². The molecule has 202 valence electrons. The van der Waals surface area contributed by atoms with Crippen LogP contribution >= 0.6 is 0 Å². The molecule has 2 aliphatic carbocycles. The topological polar surface area (TPSA) is 55.8 Å². The maximum atomic E-state index is 15.2. The van der Waals surface area contributed by atoms with Crippen LogP contribution in [-0.4, -0.2) is 38.0 Å². The average molecular weight is 503 g/mol. The lowest BCUT2D eigenvalue weighted by Gasteiger charge is -2.38. The maximum absolute atomic E-state index is 15.2. The summed E-state index contributed by atoms with van der Waals surface area (Å²) >= 11 is 0. The van der Waals surface area contributed by atoms with Crippen LogP contribution in [0.25, 0.3) is 0 Å². The molecule has 2 aliphatic rings. The zero-order chi connectivity index (χ0) is 25.9. The molecule has 4 nitrogen and oxygen atoms in total. The number of hydrogen-bond acceptors (Lipinski definition) is 4. The third-order valence-electron chi connectivity index (χ3n) is 8.74. The van der Waals surface area contributed by atoms with Crippen molar-refractivity contribution in [1.82, 2.24) is 0 Å². The lowest BCUT2D eigenvalue weighted by molar-refractivity contribution is -0.140. The molecule has 0 radical (unpaired) electrons. The lowest BCUT2D eigenvalue weighted by Crippen LogP contribution is -2.25. The summed E-state index contributed by atoms with van der Waals surface area (Å²) < 4.78 is 25.7. The largest absolute Gasteiger partial charge is 0.462 e. The van der Waals surface area contributed by atoms with Gasteiger partial charge in [0.15, 0.2) is 0 Å². The van der Waals surface area contributed by atoms with Crippen molar-refractivity contribution in [2.45, 2.75) is 95.8 Å². The Morgan fingerprint density at radius 3 is 2.31 bits per heavy atom. The number of halogens is 1. The molecule has 3 rings (SSSR count). The van der Waals surface area contributed by atoms with Crippen molar-refractivity contribution < 1.29 is 23.8 Å². The van der Waals surface area contributed by atoms with Gasteiger partial charge in [0.1, 0.15) is 12.4 Å². The van der Waals surface area contributed by atoms with Crippen molar-refractivity contribution in [3.05, 3.63) is 47.3 Å². The Hall–Kier alpha value is -1.72. The molecule has 0 amide bonds. The van der Waals surface area contributed by atoms with Gasteiger partial charge in [-0.3, -0.25) is 0 Å². The first-order chi connectivity index (χ1) is 17.5. The second kappa shape index (κ2) is 14.9. The van der Waals surface area contributed by atoms with E-state index in [0.29, 0.717) is 11.5 Å². The minimum Gasteiger partial charge on any atom is -0.462 e. The van der Waals surface area contributed by atoms with Crippen molar-refractivity contribution in [1.29, 1.82) is 0 Å². The first kappa shape index (κ1) is 28.8. The Morgan fingerprint density at radius 1 is 1.06 bits per heavy atom. The Balaban J connectivity index is 1.50. The normalized spacial score (nSPS) is 25.3. The monoisotopic (exact) mass is 502 g/mol. The molecule has 2 saturated carbocycles. The van der Waals surface area contributed by atoms with Crippen LogP contribution in [0.5, 0.6) is 0 Å². The smallest absolute Gasteiger partial charge is 0.335 e. The molecule has 0 spiro atoms. The number of rotatable bonds is 13. The van der Waals surface area contributed by atoms with E-state index >= 15 is 4.39 Å². The summed E-state index contributed by atoms with van der Waals surface area (Å²) in [5.74, 6) is 1.77. The molecule has 1 atom stereocenters. The van der Waals surface area contributed by atoms with E-state index in [1.165, 1.54) is 64.2 Å². The molecule has 0 saturated heterocycles. The summed E-state index contributed by atoms with van der Waals surface area (Å²) in [4.78, 5) is 11.9. The molecule has 1 unspecified atom stereocenters. The summed E-state index contributed by atoms with van der Waals surface area (Å²) in [6.07, 6.45) is 16.0. The fourth-order valence-corrected chi connectivity index (χ4v) is 6.46. The van der Waals surface area contributed by atoms with Crippen LogP contribution in [0.1, 0.15) is 107 Å². The molecule has 0 heterocycles. The molecular formula is C31H47FO4. The molecule has 5 heteroatoms. The third-order valence-corrected chi connectivity index (χ3v) is 8.74. The van der Waals surface area contributed by atoms with Gasteiger partial charge in [-0.15, -0.1) is 0 Å². The number of aliphatic hydroxyl groups excluding tert-OH is 1. The van der Waals surface area contributed by atoms with Crippen LogP contribution in [0.15, 0.2) is 30.4 Å². The van der Waals surface area contributed by atoms with Crippen LogP contribution in [0.4, 0.5) is 4.39 Å². The van der Waals surface area contributed by atoms with Crippen molar-refractivity contribution >= 4 is 5.97 Å². The highest BCUT2D eigenvalue weighted by molar-refractivity contribution is 5.87. The van der Waals surface area contributed by atoms with E-state index in [0.717, 1.165) is 36.2 Å². The summed E-state index contributed by atoms with van der Waals surface area (Å²) in [6, 6.07) is 5.55. The average Bonchev–Trinajstić information content (AvgIpc) is 2.91. The molecule has 36 heavy (non-hydrogen) atoms. The van der Waals surface area contributed by atoms with Crippen LogP contribution in [-0.2, 0) is 14.3 Å². The molecular weight excluding hydrogens is 455 g/mol. The van der Waals surface area contributed by atoms with Gasteiger partial charge in [-0.2, -0.15) is 0 Å². The number of aliphatic hydroxyl groups is 1. The predicted octanol–water partition coefficient (Wildman–Crippen LogP) is 7.31. The standard InChI is InChI=1S/C31H47FO4/c1-4-5-6-7-23-8-10-24(11-9-23)25-12-14-26(15-13-25)27-16-17-29(30(32)18-27)28(20-35-3)21-36-31(34)22(2)19-33/h16-18,23-26,28,33H,2,4-15,19-21H2,1,3H3. The third kappa shape index (κ3) is 8.14. The molecule has 2 fully saturated rings. The SMILES string of the molecule is C=C(CO)C(=O)OCC(COC)c1ccc(C2CCC(C3CCC(CCCCC)CC3)CC2)cc1F. The fourth-order valence-electron chi connectivity index (χ4n) is 6.46. The number of carbonyl (C=O) groups excluding carboxylic acids is 1. The number of ether oxygens (including phenoxy) is 2. The Labute approximate surface area is 217 Å². The van der Waals surface area contributed by atoms with E-state index in [-0.39, 0.29) is 24.6 Å². The van der Waals surface area contributed by atoms with Gasteiger partial charge in [-0.25, -0.2) is 9.18 Å². The van der Waals surface area contributed by atoms with Crippen LogP contribution in [0, 0.1) is 23.6 Å². The maximum Gasteiger partial charge on any atom is 0.335 e. The van der Waals surface area contributed by atoms with E-state index < -0.39 is 18.5 Å². The minimum absolute atomic E-state index is 0.0161. The van der Waals surface area contributed by atoms with Gasteiger partial charge in [0, 0.05) is 13.0 Å². The van der Waals surface area contributed by atoms with Gasteiger partial charge >= 0.3 is 5.97 Å². The van der Waals surface area contributed by atoms with Gasteiger partial charge in [0.2, 0.25) is 0 Å². The number of hydrogen-bond donors (Lipinski definition) is 1. The summed E-state index contributed by atoms with van der Waals surface area (Å²) in [5, 5.41) is 9.04. The number of esters is 1.